The summed E-state index contributed by atoms with van der Waals surface area (Å²) in [6.07, 6.45) is 9.15. The van der Waals surface area contributed by atoms with Crippen LogP contribution in [0.2, 0.25) is 0 Å². The van der Waals surface area contributed by atoms with Crippen molar-refractivity contribution in [2.24, 2.45) is 4.99 Å². The first-order valence-electron chi connectivity index (χ1n) is 5.11. The molecule has 0 amide bonds. The van der Waals surface area contributed by atoms with Crippen LogP contribution in [-0.2, 0) is 0 Å². The Morgan fingerprint density at radius 3 is 2.29 bits per heavy atom. The molecule has 0 aliphatic rings. The van der Waals surface area contributed by atoms with Gasteiger partial charge in [0.15, 0.2) is 0 Å². The maximum Gasteiger partial charge on any atom is 0.0401 e. The van der Waals surface area contributed by atoms with Gasteiger partial charge in [-0.05, 0) is 39.7 Å². The molecule has 0 aliphatic heterocycles. The second-order valence-corrected chi connectivity index (χ2v) is 3.41. The van der Waals surface area contributed by atoms with Crippen molar-refractivity contribution in [3.8, 4) is 0 Å². The van der Waals surface area contributed by atoms with E-state index in [0.717, 1.165) is 12.1 Å². The van der Waals surface area contributed by atoms with Crippen LogP contribution < -0.4 is 0 Å². The molecule has 0 radical (unpaired) electrons. The number of aliphatic imine (C=N–C) groups is 1. The number of rotatable bonds is 4. The molecular weight excluding hydrogens is 170 g/mol. The molecule has 78 valence electrons. The molecule has 0 heterocycles. The Bertz CT molecular complexity index is 278. The van der Waals surface area contributed by atoms with E-state index in [9.17, 15) is 0 Å². The van der Waals surface area contributed by atoms with Crippen LogP contribution in [0.4, 0.5) is 0 Å². The van der Waals surface area contributed by atoms with Crippen LogP contribution in [0.15, 0.2) is 40.6 Å². The third-order valence-corrected chi connectivity index (χ3v) is 2.16. The van der Waals surface area contributed by atoms with Gasteiger partial charge in [0.05, 0.1) is 0 Å². The van der Waals surface area contributed by atoms with Crippen molar-refractivity contribution in [1.82, 2.24) is 0 Å². The van der Waals surface area contributed by atoms with Crippen molar-refractivity contribution in [1.29, 1.82) is 0 Å². The van der Waals surface area contributed by atoms with E-state index in [-0.39, 0.29) is 0 Å². The average Bonchev–Trinajstić information content (AvgIpc) is 2.21. The molecule has 0 aromatic heterocycles. The summed E-state index contributed by atoms with van der Waals surface area (Å²) in [5, 5.41) is 0. The highest BCUT2D eigenvalue weighted by atomic mass is 14.7. The zero-order chi connectivity index (χ0) is 11.0. The summed E-state index contributed by atoms with van der Waals surface area (Å²) in [5.74, 6) is 0. The van der Waals surface area contributed by atoms with Crippen molar-refractivity contribution in [2.45, 2.75) is 41.0 Å². The molecule has 14 heavy (non-hydrogen) atoms. The Hall–Kier alpha value is -1.11. The Kier molecular flexibility index (Phi) is 6.73. The van der Waals surface area contributed by atoms with E-state index < -0.39 is 0 Å². The number of nitrogens with zero attached hydrogens (tertiary/aromatic N) is 1. The quantitative estimate of drug-likeness (QED) is 0.464. The van der Waals surface area contributed by atoms with Gasteiger partial charge in [0.2, 0.25) is 0 Å². The summed E-state index contributed by atoms with van der Waals surface area (Å²) >= 11 is 0. The minimum absolute atomic E-state index is 1.07. The zero-order valence-electron chi connectivity index (χ0n) is 9.96. The third-order valence-electron chi connectivity index (χ3n) is 2.16. The topological polar surface area (TPSA) is 12.4 Å². The average molecular weight is 191 g/mol. The molecule has 1 nitrogen and oxygen atoms in total. The van der Waals surface area contributed by atoms with E-state index in [4.69, 9.17) is 0 Å². The van der Waals surface area contributed by atoms with E-state index in [1.807, 2.05) is 26.1 Å². The first-order valence-corrected chi connectivity index (χ1v) is 5.11. The molecule has 0 N–H and O–H groups in total. The summed E-state index contributed by atoms with van der Waals surface area (Å²) in [6.45, 7) is 10.4. The summed E-state index contributed by atoms with van der Waals surface area (Å²) in [4.78, 5) is 4.28. The van der Waals surface area contributed by atoms with Gasteiger partial charge in [-0.3, -0.25) is 4.99 Å². The van der Waals surface area contributed by atoms with Gasteiger partial charge in [-0.1, -0.05) is 30.7 Å². The highest BCUT2D eigenvalue weighted by Gasteiger charge is 1.91. The van der Waals surface area contributed by atoms with Crippen LogP contribution in [0.5, 0.6) is 0 Å². The third kappa shape index (κ3) is 5.52. The normalized spacial score (nSPS) is 15.4. The van der Waals surface area contributed by atoms with Crippen molar-refractivity contribution in [3.63, 3.8) is 0 Å². The first kappa shape index (κ1) is 12.9. The van der Waals surface area contributed by atoms with Gasteiger partial charge in [-0.15, -0.1) is 0 Å². The summed E-state index contributed by atoms with van der Waals surface area (Å²) in [6, 6.07) is 0. The van der Waals surface area contributed by atoms with Crippen LogP contribution in [0.1, 0.15) is 41.0 Å². The van der Waals surface area contributed by atoms with Gasteiger partial charge in [0.1, 0.15) is 0 Å². The lowest BCUT2D eigenvalue weighted by atomic mass is 10.1. The maximum absolute atomic E-state index is 4.28. The monoisotopic (exact) mass is 191 g/mol. The Morgan fingerprint density at radius 2 is 1.79 bits per heavy atom. The van der Waals surface area contributed by atoms with Crippen molar-refractivity contribution in [2.75, 3.05) is 0 Å². The SMILES string of the molecule is C\C=C/N=C(C)/C(C)=C/C=C(\C)CC. The fourth-order valence-corrected chi connectivity index (χ4v) is 0.794. The lowest BCUT2D eigenvalue weighted by Gasteiger charge is -1.97. The summed E-state index contributed by atoms with van der Waals surface area (Å²) < 4.78 is 0. The molecule has 0 spiro atoms. The lowest BCUT2D eigenvalue weighted by molar-refractivity contribution is 1.10. The fraction of sp³-hybridized carbons (Fsp3) is 0.462. The highest BCUT2D eigenvalue weighted by Crippen LogP contribution is 2.03. The zero-order valence-corrected chi connectivity index (χ0v) is 9.96. The predicted molar refractivity (Wildman–Crippen MR) is 65.7 cm³/mol. The molecular formula is C13H21N. The van der Waals surface area contributed by atoms with Crippen molar-refractivity contribution < 1.29 is 0 Å². The van der Waals surface area contributed by atoms with E-state index in [2.05, 4.69) is 37.9 Å². The molecule has 0 saturated heterocycles. The van der Waals surface area contributed by atoms with Gasteiger partial charge in [0.25, 0.3) is 0 Å². The maximum atomic E-state index is 4.28. The number of hydrogen-bond acceptors (Lipinski definition) is 1. The van der Waals surface area contributed by atoms with Gasteiger partial charge in [-0.2, -0.15) is 0 Å². The lowest BCUT2D eigenvalue weighted by Crippen LogP contribution is -1.91. The van der Waals surface area contributed by atoms with Crippen molar-refractivity contribution in [3.05, 3.63) is 35.6 Å². The molecule has 0 rings (SSSR count). The first-order chi connectivity index (χ1) is 6.61. The van der Waals surface area contributed by atoms with Gasteiger partial charge in [0, 0.05) is 11.9 Å². The highest BCUT2D eigenvalue weighted by molar-refractivity contribution is 5.98. The molecule has 0 saturated carbocycles. The molecule has 0 fully saturated rings. The van der Waals surface area contributed by atoms with Crippen LogP contribution in [0.25, 0.3) is 0 Å². The molecule has 0 atom stereocenters. The summed E-state index contributed by atoms with van der Waals surface area (Å²) in [5.41, 5.74) is 3.68. The Morgan fingerprint density at radius 1 is 1.14 bits per heavy atom. The molecule has 0 unspecified atom stereocenters. The minimum atomic E-state index is 1.07. The van der Waals surface area contributed by atoms with Gasteiger partial charge in [-0.25, -0.2) is 0 Å². The van der Waals surface area contributed by atoms with E-state index in [0.29, 0.717) is 0 Å². The Balaban J connectivity index is 4.53. The second kappa shape index (κ2) is 7.31. The molecule has 0 bridgehead atoms. The van der Waals surface area contributed by atoms with Gasteiger partial charge >= 0.3 is 0 Å². The second-order valence-electron chi connectivity index (χ2n) is 3.41. The smallest absolute Gasteiger partial charge is 0.0401 e. The van der Waals surface area contributed by atoms with Crippen molar-refractivity contribution >= 4 is 5.71 Å². The van der Waals surface area contributed by atoms with Gasteiger partial charge < -0.3 is 0 Å². The minimum Gasteiger partial charge on any atom is -0.262 e. The van der Waals surface area contributed by atoms with Crippen LogP contribution in [0, 0.1) is 0 Å². The van der Waals surface area contributed by atoms with E-state index in [1.165, 1.54) is 11.1 Å². The largest absolute Gasteiger partial charge is 0.262 e. The Labute approximate surface area is 87.9 Å². The standard InChI is InChI=1S/C13H21N/c1-6-10-14-13(5)12(4)9-8-11(3)7-2/h6,8-10H,7H2,1-5H3/b10-6-,11-8+,12-9+,14-13+. The molecule has 0 aliphatic carbocycles. The molecule has 1 heteroatoms. The van der Waals surface area contributed by atoms with Crippen LogP contribution in [0.3, 0.4) is 0 Å². The van der Waals surface area contributed by atoms with E-state index >= 15 is 0 Å². The fourth-order valence-electron chi connectivity index (χ4n) is 0.794. The summed E-state index contributed by atoms with van der Waals surface area (Å²) in [7, 11) is 0. The van der Waals surface area contributed by atoms with Crippen LogP contribution in [-0.4, -0.2) is 5.71 Å². The predicted octanol–water partition coefficient (Wildman–Crippen LogP) is 4.28. The van der Waals surface area contributed by atoms with Crippen LogP contribution >= 0.6 is 0 Å². The molecule has 0 aromatic carbocycles. The number of allylic oxidation sites excluding steroid dienone is 5. The van der Waals surface area contributed by atoms with E-state index in [1.54, 1.807) is 0 Å². The number of hydrogen-bond donors (Lipinski definition) is 0. The molecule has 0 aromatic rings.